The third kappa shape index (κ3) is 15.9. The van der Waals surface area contributed by atoms with Crippen LogP contribution in [0.15, 0.2) is 96.0 Å². The largest absolute Gasteiger partial charge is 0.493 e. The van der Waals surface area contributed by atoms with Crippen molar-refractivity contribution < 1.29 is 62.0 Å². The lowest BCUT2D eigenvalue weighted by molar-refractivity contribution is -0.128. The van der Waals surface area contributed by atoms with Crippen molar-refractivity contribution in [2.45, 2.75) is 110 Å². The number of nitrogens with zero attached hydrogens (tertiary/aromatic N) is 4. The minimum absolute atomic E-state index is 0.00339. The lowest BCUT2D eigenvalue weighted by atomic mass is 9.98. The fourth-order valence-corrected chi connectivity index (χ4v) is 11.3. The van der Waals surface area contributed by atoms with Gasteiger partial charge >= 0.3 is 0 Å². The number of nitrogens with one attached hydrogen (secondary N) is 2. The SMILES string of the molecule is COCCOCCOCCN(CCCC(=O)CCC(=O)NCC(=O)CCC(=O)NCCC(C)=O)c1cc(COc2cc3c(cc2C)C(=O)N2c4ccccc4C[C@H]2CC3)cc(COc2cc3c(cc2OC)C(=O)N2c4ccccc4C[C@H]2C=N3)c1. The zero-order valence-electron chi connectivity index (χ0n) is 49.0. The van der Waals surface area contributed by atoms with Crippen LogP contribution in [0.5, 0.6) is 17.2 Å². The topological polar surface area (TPSA) is 221 Å². The first-order valence-corrected chi connectivity index (χ1v) is 29.3. The van der Waals surface area contributed by atoms with Crippen LogP contribution >= 0.6 is 0 Å². The Labute approximate surface area is 496 Å². The maximum absolute atomic E-state index is 14.3. The Hall–Kier alpha value is -8.26. The predicted molar refractivity (Wildman–Crippen MR) is 322 cm³/mol. The van der Waals surface area contributed by atoms with Gasteiger partial charge in [0, 0.05) is 113 Å². The third-order valence-corrected chi connectivity index (χ3v) is 15.7. The van der Waals surface area contributed by atoms with E-state index in [9.17, 15) is 33.6 Å². The van der Waals surface area contributed by atoms with Gasteiger partial charge in [-0.05, 0) is 121 Å². The number of fused-ring (bicyclic) bond motifs is 8. The Morgan fingerprint density at radius 1 is 0.635 bits per heavy atom. The van der Waals surface area contributed by atoms with Crippen LogP contribution in [0, 0.1) is 6.92 Å². The molecule has 448 valence electrons. The average Bonchev–Trinajstić information content (AvgIpc) is 2.66. The number of ether oxygens (including phenoxy) is 6. The number of amides is 4. The summed E-state index contributed by atoms with van der Waals surface area (Å²) in [5.41, 5.74) is 9.89. The van der Waals surface area contributed by atoms with E-state index in [1.54, 1.807) is 24.1 Å². The molecule has 4 amide bonds. The molecule has 0 aromatic heterocycles. The molecule has 2 atom stereocenters. The van der Waals surface area contributed by atoms with E-state index < -0.39 is 5.91 Å². The highest BCUT2D eigenvalue weighted by Crippen LogP contribution is 2.42. The van der Waals surface area contributed by atoms with Gasteiger partial charge in [0.05, 0.1) is 64.0 Å². The quantitative estimate of drug-likeness (QED) is 0.0388. The maximum Gasteiger partial charge on any atom is 0.261 e. The molecule has 4 aliphatic heterocycles. The second-order valence-corrected chi connectivity index (χ2v) is 21.9. The van der Waals surface area contributed by atoms with E-state index in [4.69, 9.17) is 33.4 Å². The summed E-state index contributed by atoms with van der Waals surface area (Å²) in [6.07, 6.45) is 5.48. The second-order valence-electron chi connectivity index (χ2n) is 21.9. The van der Waals surface area contributed by atoms with Gasteiger partial charge in [-0.3, -0.25) is 43.5 Å². The van der Waals surface area contributed by atoms with E-state index in [0.29, 0.717) is 93.0 Å². The van der Waals surface area contributed by atoms with Crippen molar-refractivity contribution in [2.75, 3.05) is 88.1 Å². The molecule has 5 aromatic rings. The average molecular weight is 1160 g/mol. The summed E-state index contributed by atoms with van der Waals surface area (Å²) in [4.78, 5) is 101. The van der Waals surface area contributed by atoms with E-state index in [1.165, 1.54) is 19.6 Å². The number of aryl methyl sites for hydroxylation is 2. The molecule has 0 saturated carbocycles. The number of carbonyl (C=O) groups excluding carboxylic acids is 7. The fraction of sp³-hybridized carbons (Fsp3) is 0.424. The normalized spacial score (nSPS) is 15.3. The van der Waals surface area contributed by atoms with Crippen molar-refractivity contribution in [3.8, 4) is 17.2 Å². The minimum atomic E-state index is -0.441. The zero-order chi connectivity index (χ0) is 59.8. The Morgan fingerprint density at radius 2 is 1.29 bits per heavy atom. The van der Waals surface area contributed by atoms with Crippen molar-refractivity contribution >= 4 is 69.9 Å². The van der Waals surface area contributed by atoms with Gasteiger partial charge in [0.25, 0.3) is 11.8 Å². The number of hydrogen-bond acceptors (Lipinski definition) is 15. The van der Waals surface area contributed by atoms with Gasteiger partial charge in [-0.2, -0.15) is 0 Å². The van der Waals surface area contributed by atoms with Crippen molar-refractivity contribution in [3.63, 3.8) is 0 Å². The Kier molecular flexibility index (Phi) is 21.3. The number of anilines is 3. The molecule has 0 spiro atoms. The first-order valence-electron chi connectivity index (χ1n) is 29.3. The summed E-state index contributed by atoms with van der Waals surface area (Å²) in [6.45, 7) is 6.48. The van der Waals surface area contributed by atoms with Crippen molar-refractivity contribution in [1.29, 1.82) is 0 Å². The lowest BCUT2D eigenvalue weighted by Crippen LogP contribution is -2.37. The number of hydrogen-bond donors (Lipinski definition) is 2. The van der Waals surface area contributed by atoms with E-state index >= 15 is 0 Å². The molecule has 0 bridgehead atoms. The van der Waals surface area contributed by atoms with Crippen LogP contribution in [0.3, 0.4) is 0 Å². The van der Waals surface area contributed by atoms with Gasteiger partial charge in [0.15, 0.2) is 17.3 Å². The van der Waals surface area contributed by atoms with Crippen LogP contribution in [0.4, 0.5) is 22.7 Å². The molecule has 85 heavy (non-hydrogen) atoms. The monoisotopic (exact) mass is 1160 g/mol. The second kappa shape index (κ2) is 29.5. The zero-order valence-corrected chi connectivity index (χ0v) is 49.0. The van der Waals surface area contributed by atoms with Gasteiger partial charge in [-0.25, -0.2) is 0 Å². The minimum Gasteiger partial charge on any atom is -0.493 e. The van der Waals surface area contributed by atoms with Gasteiger partial charge in [0.2, 0.25) is 11.8 Å². The molecular weight excluding hydrogens is 1080 g/mol. The van der Waals surface area contributed by atoms with Crippen LogP contribution in [-0.4, -0.2) is 133 Å². The van der Waals surface area contributed by atoms with Crippen LogP contribution < -0.4 is 39.5 Å². The molecule has 2 N–H and O–H groups in total. The predicted octanol–water partition coefficient (Wildman–Crippen LogP) is 8.14. The summed E-state index contributed by atoms with van der Waals surface area (Å²) >= 11 is 0. The number of benzene rings is 5. The van der Waals surface area contributed by atoms with E-state index in [0.717, 1.165) is 64.1 Å². The molecule has 0 fully saturated rings. The molecular formula is C66H76N6O13. The summed E-state index contributed by atoms with van der Waals surface area (Å²) in [5.74, 6) is -0.00716. The number of carbonyl (C=O) groups is 7. The highest BCUT2D eigenvalue weighted by atomic mass is 16.5. The molecule has 0 unspecified atom stereocenters. The number of rotatable bonds is 32. The molecule has 0 radical (unpaired) electrons. The first kappa shape index (κ1) is 61.3. The van der Waals surface area contributed by atoms with E-state index in [-0.39, 0.29) is 112 Å². The smallest absolute Gasteiger partial charge is 0.261 e. The Balaban J connectivity index is 0.914. The maximum atomic E-state index is 14.3. The Bertz CT molecular complexity index is 3310. The summed E-state index contributed by atoms with van der Waals surface area (Å²) in [5, 5.41) is 5.16. The molecule has 0 aliphatic carbocycles. The number of ketones is 3. The number of Topliss-reactive ketones (excluding diaryl/α,β-unsaturated/α-hetero) is 3. The highest BCUT2D eigenvalue weighted by molar-refractivity contribution is 6.15. The van der Waals surface area contributed by atoms with E-state index in [1.807, 2.05) is 90.8 Å². The third-order valence-electron chi connectivity index (χ3n) is 15.7. The molecule has 4 heterocycles. The summed E-state index contributed by atoms with van der Waals surface area (Å²) in [7, 11) is 3.15. The standard InChI is InChI=1S/C66H76N6O13/c1-43-30-55-47(15-16-50-34-48-10-5-7-13-58(48)71(50)65(55)78)36-60(43)84-41-45-31-46(42-85-62-38-57-56(37-61(62)81-4)66(79)72-52(39-68-57)35-49-11-6-8-14-59(49)72)33-51(32-45)70(24-25-82-28-29-83-27-26-80-3)23-9-12-53(74)17-19-64(77)69-40-54(75)18-20-63(76)67-22-21-44(2)73/h5-8,10-11,13-14,30-33,36-39,50,52H,9,12,15-29,34-35,40-42H2,1-4H3,(H,67,76)(H,69,77)/t50-,52+/m1/s1. The molecule has 5 aromatic carbocycles. The first-order chi connectivity index (χ1) is 41.3. The van der Waals surface area contributed by atoms with Gasteiger partial charge in [-0.15, -0.1) is 0 Å². The van der Waals surface area contributed by atoms with Crippen LogP contribution in [0.25, 0.3) is 0 Å². The van der Waals surface area contributed by atoms with Gasteiger partial charge in [0.1, 0.15) is 30.5 Å². The van der Waals surface area contributed by atoms with Gasteiger partial charge in [-0.1, -0.05) is 36.4 Å². The van der Waals surface area contributed by atoms with E-state index in [2.05, 4.69) is 21.6 Å². The molecule has 9 rings (SSSR count). The molecule has 19 heteroatoms. The molecule has 4 aliphatic rings. The van der Waals surface area contributed by atoms with Gasteiger partial charge < -0.3 is 48.9 Å². The van der Waals surface area contributed by atoms with Crippen LogP contribution in [0.2, 0.25) is 0 Å². The molecule has 19 nitrogen and oxygen atoms in total. The number of methoxy groups -OCH3 is 2. The van der Waals surface area contributed by atoms with Crippen LogP contribution in [0.1, 0.15) is 112 Å². The highest BCUT2D eigenvalue weighted by Gasteiger charge is 2.38. The van der Waals surface area contributed by atoms with Crippen molar-refractivity contribution in [3.05, 3.63) is 136 Å². The summed E-state index contributed by atoms with van der Waals surface area (Å²) < 4.78 is 36.0. The lowest BCUT2D eigenvalue weighted by Gasteiger charge is -2.26. The number of para-hydroxylation sites is 2. The van der Waals surface area contributed by atoms with Crippen LogP contribution in [-0.2, 0) is 70.7 Å². The van der Waals surface area contributed by atoms with Crippen molar-refractivity contribution in [2.24, 2.45) is 4.99 Å². The summed E-state index contributed by atoms with van der Waals surface area (Å²) in [6, 6.07) is 29.4. The number of aliphatic imine (C=N–C) groups is 1. The fourth-order valence-electron chi connectivity index (χ4n) is 11.3. The molecule has 0 saturated heterocycles. The Morgan fingerprint density at radius 3 is 2.02 bits per heavy atom. The van der Waals surface area contributed by atoms with Crippen molar-refractivity contribution in [1.82, 2.24) is 10.6 Å².